The van der Waals surface area contributed by atoms with Gasteiger partial charge >= 0.3 is 5.97 Å². The predicted molar refractivity (Wildman–Crippen MR) is 74.2 cm³/mol. The number of carbonyl (C=O) groups is 2. The van der Waals surface area contributed by atoms with Crippen LogP contribution in [-0.2, 0) is 9.53 Å². The molecule has 1 unspecified atom stereocenters. The summed E-state index contributed by atoms with van der Waals surface area (Å²) >= 11 is 0. The molecule has 1 aliphatic carbocycles. The van der Waals surface area contributed by atoms with Gasteiger partial charge in [0.2, 0.25) is 5.91 Å². The number of nitrogens with one attached hydrogen (secondary N) is 2. The van der Waals surface area contributed by atoms with Crippen LogP contribution in [0.15, 0.2) is 12.3 Å². The first kappa shape index (κ1) is 14.1. The molecule has 1 aliphatic rings. The molecule has 1 aromatic rings. The molecule has 1 amide bonds. The summed E-state index contributed by atoms with van der Waals surface area (Å²) in [6, 6.07) is 1.33. The molecular weight excluding hydrogens is 260 g/mol. The molecule has 1 saturated carbocycles. The van der Waals surface area contributed by atoms with Gasteiger partial charge in [-0.25, -0.2) is 9.78 Å². The molecule has 2 rings (SSSR count). The molecule has 1 fully saturated rings. The number of aromatic nitrogens is 1. The van der Waals surface area contributed by atoms with Crippen molar-refractivity contribution in [3.05, 3.63) is 17.8 Å². The highest BCUT2D eigenvalue weighted by atomic mass is 16.5. The van der Waals surface area contributed by atoms with Crippen LogP contribution in [0.5, 0.6) is 0 Å². The van der Waals surface area contributed by atoms with Gasteiger partial charge in [-0.15, -0.1) is 0 Å². The van der Waals surface area contributed by atoms with Crippen molar-refractivity contribution in [3.8, 4) is 0 Å². The maximum atomic E-state index is 11.8. The van der Waals surface area contributed by atoms with Crippen molar-refractivity contribution in [2.45, 2.75) is 31.8 Å². The van der Waals surface area contributed by atoms with E-state index >= 15 is 0 Å². The average molecular weight is 278 g/mol. The number of rotatable bonds is 5. The van der Waals surface area contributed by atoms with Crippen LogP contribution in [-0.4, -0.2) is 36.1 Å². The minimum atomic E-state index is -0.539. The Labute approximate surface area is 116 Å². The highest BCUT2D eigenvalue weighted by Crippen LogP contribution is 2.19. The Kier molecular flexibility index (Phi) is 4.07. The van der Waals surface area contributed by atoms with E-state index in [2.05, 4.69) is 20.4 Å². The highest BCUT2D eigenvalue weighted by molar-refractivity contribution is 5.95. The van der Waals surface area contributed by atoms with Crippen LogP contribution in [0, 0.1) is 0 Å². The number of nitrogen functional groups attached to an aromatic ring is 1. The summed E-state index contributed by atoms with van der Waals surface area (Å²) in [5.41, 5.74) is 6.12. The van der Waals surface area contributed by atoms with E-state index in [1.807, 2.05) is 0 Å². The molecule has 0 aliphatic heterocycles. The van der Waals surface area contributed by atoms with Crippen molar-refractivity contribution >= 4 is 23.4 Å². The van der Waals surface area contributed by atoms with Gasteiger partial charge in [-0.1, -0.05) is 0 Å². The number of ether oxygens (including phenoxy) is 1. The van der Waals surface area contributed by atoms with Crippen LogP contribution in [0.1, 0.15) is 30.1 Å². The van der Waals surface area contributed by atoms with E-state index in [4.69, 9.17) is 5.73 Å². The number of pyridine rings is 1. The zero-order valence-corrected chi connectivity index (χ0v) is 11.5. The number of hydrogen-bond acceptors (Lipinski definition) is 6. The maximum absolute atomic E-state index is 11.8. The molecule has 1 aromatic heterocycles. The van der Waals surface area contributed by atoms with Crippen LogP contribution in [0.3, 0.4) is 0 Å². The summed E-state index contributed by atoms with van der Waals surface area (Å²) in [7, 11) is 1.28. The molecule has 0 saturated heterocycles. The van der Waals surface area contributed by atoms with E-state index in [-0.39, 0.29) is 17.2 Å². The number of amides is 1. The van der Waals surface area contributed by atoms with E-state index < -0.39 is 12.0 Å². The lowest BCUT2D eigenvalue weighted by molar-refractivity contribution is -0.121. The third-order valence-corrected chi connectivity index (χ3v) is 3.02. The van der Waals surface area contributed by atoms with Crippen molar-refractivity contribution in [2.24, 2.45) is 0 Å². The molecule has 0 bridgehead atoms. The molecule has 4 N–H and O–H groups in total. The second kappa shape index (κ2) is 5.77. The summed E-state index contributed by atoms with van der Waals surface area (Å²) in [4.78, 5) is 27.4. The number of anilines is 2. The van der Waals surface area contributed by atoms with E-state index in [0.29, 0.717) is 11.9 Å². The van der Waals surface area contributed by atoms with Gasteiger partial charge in [-0.2, -0.15) is 0 Å². The molecule has 1 heterocycles. The molecule has 0 radical (unpaired) electrons. The monoisotopic (exact) mass is 278 g/mol. The fourth-order valence-electron chi connectivity index (χ4n) is 1.67. The molecule has 0 spiro atoms. The van der Waals surface area contributed by atoms with E-state index in [1.165, 1.54) is 19.4 Å². The number of nitrogens with two attached hydrogens (primary N) is 1. The molecule has 1 atom stereocenters. The lowest BCUT2D eigenvalue weighted by Gasteiger charge is -2.15. The third-order valence-electron chi connectivity index (χ3n) is 3.02. The van der Waals surface area contributed by atoms with Gasteiger partial charge in [0.05, 0.1) is 24.6 Å². The second-order valence-electron chi connectivity index (χ2n) is 4.80. The maximum Gasteiger partial charge on any atom is 0.340 e. The van der Waals surface area contributed by atoms with Gasteiger partial charge in [0.1, 0.15) is 11.9 Å². The Bertz CT molecular complexity index is 528. The van der Waals surface area contributed by atoms with Crippen LogP contribution in [0.2, 0.25) is 0 Å². The van der Waals surface area contributed by atoms with Crippen molar-refractivity contribution in [1.29, 1.82) is 0 Å². The SMILES string of the molecule is COC(=O)c1cc(NC(C)C(=O)NC2CC2)ncc1N. The van der Waals surface area contributed by atoms with Gasteiger partial charge in [0.15, 0.2) is 0 Å². The Hall–Kier alpha value is -2.31. The largest absolute Gasteiger partial charge is 0.465 e. The average Bonchev–Trinajstić information content (AvgIpc) is 3.23. The van der Waals surface area contributed by atoms with Crippen LogP contribution < -0.4 is 16.4 Å². The number of esters is 1. The zero-order chi connectivity index (χ0) is 14.7. The van der Waals surface area contributed by atoms with Gasteiger partial charge in [-0.05, 0) is 25.8 Å². The third kappa shape index (κ3) is 3.37. The van der Waals surface area contributed by atoms with Crippen molar-refractivity contribution in [2.75, 3.05) is 18.2 Å². The Morgan fingerprint density at radius 1 is 1.50 bits per heavy atom. The first-order chi connectivity index (χ1) is 9.51. The number of hydrogen-bond donors (Lipinski definition) is 3. The van der Waals surface area contributed by atoms with Crippen LogP contribution >= 0.6 is 0 Å². The Balaban J connectivity index is 2.04. The van der Waals surface area contributed by atoms with Crippen molar-refractivity contribution < 1.29 is 14.3 Å². The molecule has 20 heavy (non-hydrogen) atoms. The quantitative estimate of drug-likeness (QED) is 0.678. The normalized spacial score (nSPS) is 15.3. The first-order valence-corrected chi connectivity index (χ1v) is 6.42. The lowest BCUT2D eigenvalue weighted by Crippen LogP contribution is -2.38. The molecule has 7 heteroatoms. The summed E-state index contributed by atoms with van der Waals surface area (Å²) < 4.78 is 4.63. The Morgan fingerprint density at radius 2 is 2.20 bits per heavy atom. The predicted octanol–water partition coefficient (Wildman–Crippen LogP) is 0.529. The second-order valence-corrected chi connectivity index (χ2v) is 4.80. The minimum Gasteiger partial charge on any atom is -0.465 e. The summed E-state index contributed by atoms with van der Waals surface area (Å²) in [5, 5.41) is 5.82. The molecule has 0 aromatic carbocycles. The van der Waals surface area contributed by atoms with Gasteiger partial charge in [-0.3, -0.25) is 4.79 Å². The number of methoxy groups -OCH3 is 1. The first-order valence-electron chi connectivity index (χ1n) is 6.42. The van der Waals surface area contributed by atoms with E-state index in [0.717, 1.165) is 12.8 Å². The van der Waals surface area contributed by atoms with E-state index in [1.54, 1.807) is 6.92 Å². The topological polar surface area (TPSA) is 106 Å². The fourth-order valence-corrected chi connectivity index (χ4v) is 1.67. The minimum absolute atomic E-state index is 0.0919. The number of carbonyl (C=O) groups excluding carboxylic acids is 2. The van der Waals surface area contributed by atoms with Gasteiger partial charge in [0.25, 0.3) is 0 Å². The summed E-state index contributed by atoms with van der Waals surface area (Å²) in [6.07, 6.45) is 3.43. The standard InChI is InChI=1S/C13H18N4O3/c1-7(12(18)17-8-3-4-8)16-11-5-9(13(19)20-2)10(14)6-15-11/h5-8H,3-4,14H2,1-2H3,(H,15,16)(H,17,18). The van der Waals surface area contributed by atoms with Gasteiger partial charge < -0.3 is 21.1 Å². The van der Waals surface area contributed by atoms with Crippen LogP contribution in [0.25, 0.3) is 0 Å². The summed E-state index contributed by atoms with van der Waals surface area (Å²) in [6.45, 7) is 1.73. The fraction of sp³-hybridized carbons (Fsp3) is 0.462. The van der Waals surface area contributed by atoms with Crippen molar-refractivity contribution in [1.82, 2.24) is 10.3 Å². The summed E-state index contributed by atoms with van der Waals surface area (Å²) in [5.74, 6) is -0.230. The molecule has 7 nitrogen and oxygen atoms in total. The van der Waals surface area contributed by atoms with Crippen LogP contribution in [0.4, 0.5) is 11.5 Å². The number of nitrogens with zero attached hydrogens (tertiary/aromatic N) is 1. The zero-order valence-electron chi connectivity index (χ0n) is 11.5. The van der Waals surface area contributed by atoms with Crippen molar-refractivity contribution in [3.63, 3.8) is 0 Å². The van der Waals surface area contributed by atoms with Gasteiger partial charge in [0, 0.05) is 6.04 Å². The Morgan fingerprint density at radius 3 is 2.80 bits per heavy atom. The molecular formula is C13H18N4O3. The smallest absolute Gasteiger partial charge is 0.340 e. The lowest BCUT2D eigenvalue weighted by atomic mass is 10.2. The molecule has 108 valence electrons. The van der Waals surface area contributed by atoms with E-state index in [9.17, 15) is 9.59 Å². The highest BCUT2D eigenvalue weighted by Gasteiger charge is 2.25.